The summed E-state index contributed by atoms with van der Waals surface area (Å²) in [5.74, 6) is -0.561. The van der Waals surface area contributed by atoms with E-state index >= 15 is 0 Å². The second-order valence-corrected chi connectivity index (χ2v) is 7.96. The van der Waals surface area contributed by atoms with Gasteiger partial charge in [0.1, 0.15) is 12.0 Å². The highest BCUT2D eigenvalue weighted by atomic mass is 19.1. The molecule has 0 saturated heterocycles. The Morgan fingerprint density at radius 1 is 1.30 bits per heavy atom. The number of alkyl halides is 1. The van der Waals surface area contributed by atoms with Gasteiger partial charge in [-0.15, -0.1) is 0 Å². The number of aliphatic hydroxyl groups is 1. The molecule has 0 aliphatic heterocycles. The number of pyridine rings is 2. The number of hydrogen-bond acceptors (Lipinski definition) is 6. The summed E-state index contributed by atoms with van der Waals surface area (Å²) in [6.45, 7) is 2.36. The second-order valence-electron chi connectivity index (χ2n) is 7.96. The van der Waals surface area contributed by atoms with E-state index in [9.17, 15) is 18.7 Å². The van der Waals surface area contributed by atoms with E-state index < -0.39 is 23.5 Å². The SMILES string of the molecule is CC(C)(O)[C@H](F)CNC(=O)c1cnc(-n2ncc3cc(F)cnc32)cc1NC1CC1. The molecule has 30 heavy (non-hydrogen) atoms. The lowest BCUT2D eigenvalue weighted by Gasteiger charge is -2.22. The van der Waals surface area contributed by atoms with Crippen molar-refractivity contribution in [1.82, 2.24) is 25.1 Å². The van der Waals surface area contributed by atoms with Crippen LogP contribution in [-0.2, 0) is 0 Å². The van der Waals surface area contributed by atoms with Gasteiger partial charge in [-0.3, -0.25) is 4.79 Å². The molecule has 1 amide bonds. The van der Waals surface area contributed by atoms with Crippen molar-refractivity contribution < 1.29 is 18.7 Å². The quantitative estimate of drug-likeness (QED) is 0.546. The zero-order chi connectivity index (χ0) is 21.5. The smallest absolute Gasteiger partial charge is 0.255 e. The second kappa shape index (κ2) is 7.60. The van der Waals surface area contributed by atoms with Crippen LogP contribution in [0.5, 0.6) is 0 Å². The molecule has 3 aromatic rings. The number of carbonyl (C=O) groups excluding carboxylic acids is 1. The maximum absolute atomic E-state index is 14.0. The summed E-state index contributed by atoms with van der Waals surface area (Å²) < 4.78 is 28.8. The van der Waals surface area contributed by atoms with Gasteiger partial charge in [0.25, 0.3) is 5.91 Å². The fourth-order valence-corrected chi connectivity index (χ4v) is 2.90. The molecule has 1 aliphatic carbocycles. The molecule has 0 aromatic carbocycles. The van der Waals surface area contributed by atoms with E-state index in [4.69, 9.17) is 0 Å². The molecule has 3 aromatic heterocycles. The van der Waals surface area contributed by atoms with Gasteiger partial charge < -0.3 is 15.7 Å². The van der Waals surface area contributed by atoms with E-state index in [2.05, 4.69) is 25.7 Å². The number of nitrogens with zero attached hydrogens (tertiary/aromatic N) is 4. The minimum absolute atomic E-state index is 0.249. The first kappa shape index (κ1) is 20.1. The molecule has 1 saturated carbocycles. The van der Waals surface area contributed by atoms with Crippen LogP contribution in [0.3, 0.4) is 0 Å². The maximum Gasteiger partial charge on any atom is 0.255 e. The van der Waals surface area contributed by atoms with E-state index in [0.717, 1.165) is 19.0 Å². The molecule has 8 nitrogen and oxygen atoms in total. The van der Waals surface area contributed by atoms with E-state index in [1.165, 1.54) is 37.0 Å². The third-order valence-corrected chi connectivity index (χ3v) is 4.87. The molecule has 1 fully saturated rings. The molecule has 1 atom stereocenters. The van der Waals surface area contributed by atoms with Crippen molar-refractivity contribution in [2.75, 3.05) is 11.9 Å². The number of nitrogens with one attached hydrogen (secondary N) is 2. The Morgan fingerprint density at radius 2 is 2.07 bits per heavy atom. The van der Waals surface area contributed by atoms with Crippen LogP contribution in [0.1, 0.15) is 37.0 Å². The molecule has 1 aliphatic rings. The highest BCUT2D eigenvalue weighted by molar-refractivity contribution is 5.99. The fourth-order valence-electron chi connectivity index (χ4n) is 2.90. The fraction of sp³-hybridized carbons (Fsp3) is 0.400. The van der Waals surface area contributed by atoms with Crippen molar-refractivity contribution in [3.05, 3.63) is 42.1 Å². The van der Waals surface area contributed by atoms with Crippen LogP contribution in [0.2, 0.25) is 0 Å². The predicted octanol–water partition coefficient (Wildman–Crippen LogP) is 2.37. The molecular weight excluding hydrogens is 394 g/mol. The molecule has 3 N–H and O–H groups in total. The summed E-state index contributed by atoms with van der Waals surface area (Å²) in [6.07, 6.45) is 4.31. The Balaban J connectivity index is 1.62. The molecular formula is C20H22F2N6O2. The maximum atomic E-state index is 14.0. The van der Waals surface area contributed by atoms with Crippen molar-refractivity contribution in [2.24, 2.45) is 0 Å². The first-order valence-electron chi connectivity index (χ1n) is 9.63. The Kier molecular flexibility index (Phi) is 5.10. The number of halogens is 2. The lowest BCUT2D eigenvalue weighted by atomic mass is 10.0. The normalized spacial score (nSPS) is 15.2. The van der Waals surface area contributed by atoms with Crippen molar-refractivity contribution in [3.63, 3.8) is 0 Å². The highest BCUT2D eigenvalue weighted by Crippen LogP contribution is 2.28. The van der Waals surface area contributed by atoms with Gasteiger partial charge in [0.05, 0.1) is 35.8 Å². The van der Waals surface area contributed by atoms with Crippen molar-refractivity contribution in [1.29, 1.82) is 0 Å². The van der Waals surface area contributed by atoms with Gasteiger partial charge in [0, 0.05) is 23.7 Å². The molecule has 0 radical (unpaired) electrons. The van der Waals surface area contributed by atoms with Gasteiger partial charge in [-0.1, -0.05) is 0 Å². The molecule has 0 bridgehead atoms. The van der Waals surface area contributed by atoms with E-state index in [1.807, 2.05) is 0 Å². The third kappa shape index (κ3) is 4.23. The van der Waals surface area contributed by atoms with Crippen LogP contribution in [0.4, 0.5) is 14.5 Å². The first-order valence-corrected chi connectivity index (χ1v) is 9.63. The molecule has 4 rings (SSSR count). The van der Waals surface area contributed by atoms with Crippen LogP contribution in [0.15, 0.2) is 30.7 Å². The molecule has 3 heterocycles. The van der Waals surface area contributed by atoms with E-state index in [0.29, 0.717) is 22.5 Å². The standard InChI is InChI=1S/C20H22F2N6O2/c1-20(2,30)16(22)10-25-19(29)14-9-23-17(6-15(14)27-13-3-4-13)28-18-11(7-26-28)5-12(21)8-24-18/h5-9,13,16,30H,3-4,10H2,1-2H3,(H,23,27)(H,25,29)/t16-/m1/s1. The molecule has 158 valence electrons. The predicted molar refractivity (Wildman–Crippen MR) is 107 cm³/mol. The van der Waals surface area contributed by atoms with Gasteiger partial charge in [-0.05, 0) is 32.8 Å². The van der Waals surface area contributed by atoms with Crippen molar-refractivity contribution in [3.8, 4) is 5.82 Å². The molecule has 10 heteroatoms. The summed E-state index contributed by atoms with van der Waals surface area (Å²) in [5, 5.41) is 20.2. The lowest BCUT2D eigenvalue weighted by molar-refractivity contribution is -0.00177. The van der Waals surface area contributed by atoms with Gasteiger partial charge in [-0.25, -0.2) is 18.7 Å². The number of hydrogen-bond donors (Lipinski definition) is 3. The summed E-state index contributed by atoms with van der Waals surface area (Å²) in [7, 11) is 0. The summed E-state index contributed by atoms with van der Waals surface area (Å²) >= 11 is 0. The number of amides is 1. The molecule has 0 spiro atoms. The van der Waals surface area contributed by atoms with Crippen LogP contribution in [0, 0.1) is 5.82 Å². The van der Waals surface area contributed by atoms with Crippen LogP contribution in [0.25, 0.3) is 16.9 Å². The number of anilines is 1. The van der Waals surface area contributed by atoms with E-state index in [1.54, 1.807) is 6.07 Å². The van der Waals surface area contributed by atoms with Gasteiger partial charge in [0.15, 0.2) is 11.5 Å². The van der Waals surface area contributed by atoms with Crippen LogP contribution in [-0.4, -0.2) is 55.1 Å². The van der Waals surface area contributed by atoms with Crippen molar-refractivity contribution >= 4 is 22.6 Å². The van der Waals surface area contributed by atoms with Gasteiger partial charge in [0.2, 0.25) is 0 Å². The largest absolute Gasteiger partial charge is 0.387 e. The highest BCUT2D eigenvalue weighted by Gasteiger charge is 2.28. The zero-order valence-electron chi connectivity index (χ0n) is 16.6. The number of rotatable bonds is 7. The Hall–Kier alpha value is -3.14. The molecule has 0 unspecified atom stereocenters. The Morgan fingerprint density at radius 3 is 2.77 bits per heavy atom. The summed E-state index contributed by atoms with van der Waals surface area (Å²) in [6, 6.07) is 3.24. The van der Waals surface area contributed by atoms with Crippen LogP contribution < -0.4 is 10.6 Å². The minimum Gasteiger partial charge on any atom is -0.387 e. The van der Waals surface area contributed by atoms with Crippen molar-refractivity contribution in [2.45, 2.75) is 44.5 Å². The summed E-state index contributed by atoms with van der Waals surface area (Å²) in [5.41, 5.74) is -0.338. The first-order chi connectivity index (χ1) is 14.2. The van der Waals surface area contributed by atoms with Crippen LogP contribution >= 0.6 is 0 Å². The zero-order valence-corrected chi connectivity index (χ0v) is 16.6. The lowest BCUT2D eigenvalue weighted by Crippen LogP contribution is -2.42. The Labute approximate surface area is 171 Å². The number of aromatic nitrogens is 4. The topological polar surface area (TPSA) is 105 Å². The monoisotopic (exact) mass is 416 g/mol. The average molecular weight is 416 g/mol. The van der Waals surface area contributed by atoms with Gasteiger partial charge >= 0.3 is 0 Å². The third-order valence-electron chi connectivity index (χ3n) is 4.87. The van der Waals surface area contributed by atoms with Gasteiger partial charge in [-0.2, -0.15) is 9.78 Å². The average Bonchev–Trinajstić information content (AvgIpc) is 3.41. The number of fused-ring (bicyclic) bond motifs is 1. The minimum atomic E-state index is -1.62. The summed E-state index contributed by atoms with van der Waals surface area (Å²) in [4.78, 5) is 21.0. The Bertz CT molecular complexity index is 1090. The number of carbonyl (C=O) groups is 1. The van der Waals surface area contributed by atoms with E-state index in [-0.39, 0.29) is 18.2 Å².